The highest BCUT2D eigenvalue weighted by molar-refractivity contribution is 5.69. The van der Waals surface area contributed by atoms with Gasteiger partial charge in [0.25, 0.3) is 0 Å². The zero-order valence-corrected chi connectivity index (χ0v) is 9.96. The second-order valence-corrected chi connectivity index (χ2v) is 3.61. The van der Waals surface area contributed by atoms with E-state index in [9.17, 15) is 9.90 Å². The Morgan fingerprint density at radius 1 is 1.35 bits per heavy atom. The predicted octanol–water partition coefficient (Wildman–Crippen LogP) is 1.77. The van der Waals surface area contributed by atoms with E-state index < -0.39 is 6.10 Å². The van der Waals surface area contributed by atoms with Crippen molar-refractivity contribution in [2.24, 2.45) is 0 Å². The van der Waals surface area contributed by atoms with Crippen LogP contribution in [-0.4, -0.2) is 30.4 Å². The third-order valence-electron chi connectivity index (χ3n) is 2.17. The lowest BCUT2D eigenvalue weighted by molar-refractivity contribution is -0.145. The number of aliphatic hydroxyl groups is 1. The van der Waals surface area contributed by atoms with Crippen LogP contribution in [0.1, 0.15) is 19.8 Å². The van der Waals surface area contributed by atoms with Crippen LogP contribution >= 0.6 is 0 Å². The van der Waals surface area contributed by atoms with E-state index in [1.54, 1.807) is 6.92 Å². The molecule has 0 unspecified atom stereocenters. The lowest BCUT2D eigenvalue weighted by Crippen LogP contribution is -2.18. The topological polar surface area (TPSA) is 55.8 Å². The minimum absolute atomic E-state index is 0.0198. The van der Waals surface area contributed by atoms with Gasteiger partial charge in [0, 0.05) is 6.42 Å². The summed E-state index contributed by atoms with van der Waals surface area (Å²) in [6.07, 6.45) is -0.280. The molecule has 1 aromatic rings. The Balaban J connectivity index is 2.16. The van der Waals surface area contributed by atoms with Crippen molar-refractivity contribution in [2.75, 3.05) is 13.2 Å². The molecule has 0 fully saturated rings. The molecule has 1 rings (SSSR count). The van der Waals surface area contributed by atoms with Crippen LogP contribution in [0.25, 0.3) is 0 Å². The second kappa shape index (κ2) is 7.68. The van der Waals surface area contributed by atoms with Gasteiger partial charge < -0.3 is 14.6 Å². The zero-order chi connectivity index (χ0) is 12.5. The van der Waals surface area contributed by atoms with E-state index in [1.165, 1.54) is 0 Å². The Hall–Kier alpha value is -1.55. The van der Waals surface area contributed by atoms with Crippen molar-refractivity contribution in [3.05, 3.63) is 30.3 Å². The van der Waals surface area contributed by atoms with E-state index in [2.05, 4.69) is 0 Å². The highest BCUT2D eigenvalue weighted by Gasteiger charge is 2.11. The molecule has 1 atom stereocenters. The maximum absolute atomic E-state index is 11.1. The Kier molecular flexibility index (Phi) is 6.10. The summed E-state index contributed by atoms with van der Waals surface area (Å²) >= 11 is 0. The number of hydrogen-bond acceptors (Lipinski definition) is 4. The number of rotatable bonds is 7. The third-order valence-corrected chi connectivity index (χ3v) is 2.17. The monoisotopic (exact) mass is 238 g/mol. The van der Waals surface area contributed by atoms with E-state index in [4.69, 9.17) is 9.47 Å². The highest BCUT2D eigenvalue weighted by atomic mass is 16.5. The Morgan fingerprint density at radius 3 is 2.71 bits per heavy atom. The number of ether oxygens (including phenoxy) is 2. The van der Waals surface area contributed by atoms with Crippen molar-refractivity contribution in [1.82, 2.24) is 0 Å². The van der Waals surface area contributed by atoms with Crippen LogP contribution in [0.2, 0.25) is 0 Å². The van der Waals surface area contributed by atoms with Gasteiger partial charge in [-0.25, -0.2) is 0 Å². The number of carbonyl (C=O) groups excluding carboxylic acids is 1. The summed E-state index contributed by atoms with van der Waals surface area (Å²) in [5.41, 5.74) is 0. The van der Waals surface area contributed by atoms with Crippen molar-refractivity contribution < 1.29 is 19.4 Å². The minimum Gasteiger partial charge on any atom is -0.493 e. The predicted molar refractivity (Wildman–Crippen MR) is 63.8 cm³/mol. The number of hydrogen-bond donors (Lipinski definition) is 1. The molecule has 4 heteroatoms. The number of carbonyl (C=O) groups is 1. The lowest BCUT2D eigenvalue weighted by Gasteiger charge is -2.10. The van der Waals surface area contributed by atoms with Crippen LogP contribution in [0, 0.1) is 0 Å². The van der Waals surface area contributed by atoms with Crippen molar-refractivity contribution in [2.45, 2.75) is 25.9 Å². The van der Waals surface area contributed by atoms with Crippen molar-refractivity contribution in [1.29, 1.82) is 0 Å². The van der Waals surface area contributed by atoms with Crippen LogP contribution in [0.15, 0.2) is 30.3 Å². The highest BCUT2D eigenvalue weighted by Crippen LogP contribution is 2.09. The normalized spacial score (nSPS) is 11.9. The van der Waals surface area contributed by atoms with Gasteiger partial charge in [0.15, 0.2) is 0 Å². The number of aliphatic hydroxyl groups excluding tert-OH is 1. The number of para-hydroxylation sites is 1. The molecule has 0 heterocycles. The summed E-state index contributed by atoms with van der Waals surface area (Å²) in [5, 5.41) is 9.54. The van der Waals surface area contributed by atoms with Gasteiger partial charge in [-0.05, 0) is 19.1 Å². The van der Waals surface area contributed by atoms with Gasteiger partial charge in [0.1, 0.15) is 5.75 Å². The molecule has 0 aliphatic rings. The maximum Gasteiger partial charge on any atom is 0.308 e. The van der Waals surface area contributed by atoms with Crippen molar-refractivity contribution in [3.8, 4) is 5.75 Å². The molecular weight excluding hydrogens is 220 g/mol. The fourth-order valence-electron chi connectivity index (χ4n) is 1.34. The van der Waals surface area contributed by atoms with Gasteiger partial charge in [-0.3, -0.25) is 4.79 Å². The van der Waals surface area contributed by atoms with Gasteiger partial charge in [-0.15, -0.1) is 0 Å². The molecule has 0 aliphatic carbocycles. The molecule has 0 aliphatic heterocycles. The summed E-state index contributed by atoms with van der Waals surface area (Å²) < 4.78 is 10.1. The van der Waals surface area contributed by atoms with Gasteiger partial charge in [-0.2, -0.15) is 0 Å². The smallest absolute Gasteiger partial charge is 0.308 e. The summed E-state index contributed by atoms with van der Waals surface area (Å²) in [4.78, 5) is 11.1. The molecule has 0 radical (unpaired) electrons. The van der Waals surface area contributed by atoms with Gasteiger partial charge >= 0.3 is 5.97 Å². The third kappa shape index (κ3) is 5.92. The molecule has 0 amide bonds. The quantitative estimate of drug-likeness (QED) is 0.735. The van der Waals surface area contributed by atoms with E-state index in [1.807, 2.05) is 30.3 Å². The standard InChI is InChI=1S/C13H18O4/c1-2-16-13(15)10-11(14)8-9-17-12-6-4-3-5-7-12/h3-7,11,14H,2,8-10H2,1H3/t11-/m0/s1. The average molecular weight is 238 g/mol. The van der Waals surface area contributed by atoms with Gasteiger partial charge in [0.2, 0.25) is 0 Å². The number of benzene rings is 1. The van der Waals surface area contributed by atoms with E-state index in [-0.39, 0.29) is 12.4 Å². The molecule has 0 saturated carbocycles. The molecule has 94 valence electrons. The molecule has 0 saturated heterocycles. The second-order valence-electron chi connectivity index (χ2n) is 3.61. The van der Waals surface area contributed by atoms with Crippen LogP contribution in [0.3, 0.4) is 0 Å². The van der Waals surface area contributed by atoms with Crippen molar-refractivity contribution in [3.63, 3.8) is 0 Å². The molecule has 0 spiro atoms. The Bertz CT molecular complexity index is 323. The first-order valence-corrected chi connectivity index (χ1v) is 5.74. The molecule has 4 nitrogen and oxygen atoms in total. The van der Waals surface area contributed by atoms with E-state index in [0.717, 1.165) is 5.75 Å². The van der Waals surface area contributed by atoms with Crippen molar-refractivity contribution >= 4 is 5.97 Å². The van der Waals surface area contributed by atoms with E-state index in [0.29, 0.717) is 19.6 Å². The molecule has 1 N–H and O–H groups in total. The number of esters is 1. The lowest BCUT2D eigenvalue weighted by atomic mass is 10.2. The largest absolute Gasteiger partial charge is 0.493 e. The molecule has 17 heavy (non-hydrogen) atoms. The Labute approximate surface area is 101 Å². The van der Waals surface area contributed by atoms with Gasteiger partial charge in [-0.1, -0.05) is 18.2 Å². The Morgan fingerprint density at radius 2 is 2.06 bits per heavy atom. The average Bonchev–Trinajstić information content (AvgIpc) is 2.30. The molecule has 1 aromatic carbocycles. The molecule has 0 bridgehead atoms. The first-order chi connectivity index (χ1) is 8.22. The first kappa shape index (κ1) is 13.5. The van der Waals surface area contributed by atoms with Crippen LogP contribution in [0.5, 0.6) is 5.75 Å². The maximum atomic E-state index is 11.1. The molecule has 0 aromatic heterocycles. The summed E-state index contributed by atoms with van der Waals surface area (Å²) in [7, 11) is 0. The van der Waals surface area contributed by atoms with E-state index >= 15 is 0 Å². The van der Waals surface area contributed by atoms with Crippen LogP contribution in [-0.2, 0) is 9.53 Å². The zero-order valence-electron chi connectivity index (χ0n) is 9.96. The summed E-state index contributed by atoms with van der Waals surface area (Å²) in [6, 6.07) is 9.35. The fraction of sp³-hybridized carbons (Fsp3) is 0.462. The molecular formula is C13H18O4. The summed E-state index contributed by atoms with van der Waals surface area (Å²) in [6.45, 7) is 2.46. The minimum atomic E-state index is -0.710. The van der Waals surface area contributed by atoms with Crippen LogP contribution in [0.4, 0.5) is 0 Å². The SMILES string of the molecule is CCOC(=O)C[C@@H](O)CCOc1ccccc1. The first-order valence-electron chi connectivity index (χ1n) is 5.74. The summed E-state index contributed by atoms with van der Waals surface area (Å²) in [5.74, 6) is 0.385. The van der Waals surface area contributed by atoms with Crippen LogP contribution < -0.4 is 4.74 Å². The van der Waals surface area contributed by atoms with Gasteiger partial charge in [0.05, 0.1) is 25.7 Å². The fourth-order valence-corrected chi connectivity index (χ4v) is 1.34.